The maximum Gasteiger partial charge on any atom is 0.296 e. The van der Waals surface area contributed by atoms with E-state index in [9.17, 15) is 14.4 Å². The summed E-state index contributed by atoms with van der Waals surface area (Å²) in [4.78, 5) is 35.8. The molecular formula is C17H15ClN2O4. The monoisotopic (exact) mass is 346 g/mol. The zero-order valence-corrected chi connectivity index (χ0v) is 13.8. The van der Waals surface area contributed by atoms with Crippen LogP contribution in [0.4, 0.5) is 11.4 Å². The third-order valence-electron chi connectivity index (χ3n) is 3.10. The summed E-state index contributed by atoms with van der Waals surface area (Å²) >= 11 is 5.86. The predicted molar refractivity (Wildman–Crippen MR) is 91.7 cm³/mol. The van der Waals surface area contributed by atoms with Crippen molar-refractivity contribution in [2.75, 3.05) is 17.7 Å². The van der Waals surface area contributed by atoms with Crippen LogP contribution in [0.5, 0.6) is 5.75 Å². The van der Waals surface area contributed by atoms with Crippen molar-refractivity contribution in [2.45, 2.75) is 6.92 Å². The van der Waals surface area contributed by atoms with Gasteiger partial charge in [-0.25, -0.2) is 0 Å². The highest BCUT2D eigenvalue weighted by molar-refractivity contribution is 6.47. The van der Waals surface area contributed by atoms with Gasteiger partial charge in [0.05, 0.1) is 24.0 Å². The fourth-order valence-electron chi connectivity index (χ4n) is 2.05. The molecule has 0 aliphatic carbocycles. The Balaban J connectivity index is 2.25. The molecule has 6 nitrogen and oxygen atoms in total. The number of ether oxygens (including phenoxy) is 1. The third-order valence-corrected chi connectivity index (χ3v) is 3.34. The molecule has 2 aromatic rings. The fraction of sp³-hybridized carbons (Fsp3) is 0.118. The SMILES string of the molecule is COc1cc(Cl)ccc1NC(=O)C(=O)c1ccccc1NC(C)=O. The molecule has 2 N–H and O–H groups in total. The second-order valence-electron chi connectivity index (χ2n) is 4.85. The Hall–Kier alpha value is -2.86. The Bertz CT molecular complexity index is 805. The van der Waals surface area contributed by atoms with Crippen LogP contribution < -0.4 is 15.4 Å². The summed E-state index contributed by atoms with van der Waals surface area (Å²) in [5.74, 6) is -1.64. The van der Waals surface area contributed by atoms with Crippen LogP contribution in [0, 0.1) is 0 Å². The second-order valence-corrected chi connectivity index (χ2v) is 5.29. The van der Waals surface area contributed by atoms with Gasteiger partial charge in [-0.3, -0.25) is 14.4 Å². The topological polar surface area (TPSA) is 84.5 Å². The summed E-state index contributed by atoms with van der Waals surface area (Å²) in [5.41, 5.74) is 0.684. The quantitative estimate of drug-likeness (QED) is 0.643. The van der Waals surface area contributed by atoms with Gasteiger partial charge in [0.25, 0.3) is 11.7 Å². The Kier molecular flexibility index (Phi) is 5.55. The molecule has 0 aliphatic rings. The first kappa shape index (κ1) is 17.5. The lowest BCUT2D eigenvalue weighted by molar-refractivity contribution is -0.114. The van der Waals surface area contributed by atoms with Crippen LogP contribution in [0.1, 0.15) is 17.3 Å². The van der Waals surface area contributed by atoms with Crippen molar-refractivity contribution in [3.05, 3.63) is 53.1 Å². The molecule has 7 heteroatoms. The molecule has 0 unspecified atom stereocenters. The molecular weight excluding hydrogens is 332 g/mol. The number of rotatable bonds is 5. The molecule has 0 radical (unpaired) electrons. The number of methoxy groups -OCH3 is 1. The van der Waals surface area contributed by atoms with E-state index in [4.69, 9.17) is 16.3 Å². The van der Waals surface area contributed by atoms with Gasteiger partial charge in [0.15, 0.2) is 0 Å². The zero-order chi connectivity index (χ0) is 17.7. The first-order valence-electron chi connectivity index (χ1n) is 6.98. The minimum atomic E-state index is -0.853. The van der Waals surface area contributed by atoms with E-state index in [1.165, 1.54) is 32.2 Å². The highest BCUT2D eigenvalue weighted by Crippen LogP contribution is 2.28. The number of para-hydroxylation sites is 1. The molecule has 0 spiro atoms. The first-order chi connectivity index (χ1) is 11.4. The van der Waals surface area contributed by atoms with Crippen molar-refractivity contribution in [3.8, 4) is 5.75 Å². The van der Waals surface area contributed by atoms with Crippen LogP contribution in [0.25, 0.3) is 0 Å². The standard InChI is InChI=1S/C17H15ClN2O4/c1-10(21)19-13-6-4-3-5-12(13)16(22)17(23)20-14-8-7-11(18)9-15(14)24-2/h3-9H,1-2H3,(H,19,21)(H,20,23). The molecule has 0 heterocycles. The normalized spacial score (nSPS) is 9.96. The molecule has 2 rings (SSSR count). The lowest BCUT2D eigenvalue weighted by Gasteiger charge is -2.11. The van der Waals surface area contributed by atoms with E-state index >= 15 is 0 Å². The Morgan fingerprint density at radius 1 is 1.00 bits per heavy atom. The van der Waals surface area contributed by atoms with Crippen LogP contribution in [-0.2, 0) is 9.59 Å². The number of hydrogen-bond donors (Lipinski definition) is 2. The van der Waals surface area contributed by atoms with E-state index in [-0.39, 0.29) is 17.2 Å². The lowest BCUT2D eigenvalue weighted by Crippen LogP contribution is -2.24. The van der Waals surface area contributed by atoms with Crippen LogP contribution in [0.15, 0.2) is 42.5 Å². The van der Waals surface area contributed by atoms with Crippen molar-refractivity contribution in [3.63, 3.8) is 0 Å². The second kappa shape index (κ2) is 7.61. The van der Waals surface area contributed by atoms with Crippen LogP contribution >= 0.6 is 11.6 Å². The molecule has 0 fully saturated rings. The lowest BCUT2D eigenvalue weighted by atomic mass is 10.1. The summed E-state index contributed by atoms with van der Waals surface area (Å²) < 4.78 is 5.12. The van der Waals surface area contributed by atoms with Gasteiger partial charge in [-0.2, -0.15) is 0 Å². The molecule has 0 aromatic heterocycles. The molecule has 124 valence electrons. The van der Waals surface area contributed by atoms with Gasteiger partial charge in [0, 0.05) is 18.0 Å². The number of carbonyl (C=O) groups excluding carboxylic acids is 3. The molecule has 0 atom stereocenters. The van der Waals surface area contributed by atoms with E-state index in [0.717, 1.165) is 0 Å². The number of carbonyl (C=O) groups is 3. The molecule has 0 saturated heterocycles. The van der Waals surface area contributed by atoms with E-state index in [1.807, 2.05) is 0 Å². The Morgan fingerprint density at radius 2 is 1.71 bits per heavy atom. The molecule has 2 amide bonds. The van der Waals surface area contributed by atoms with E-state index in [0.29, 0.717) is 16.5 Å². The van der Waals surface area contributed by atoms with Crippen molar-refractivity contribution in [1.29, 1.82) is 0 Å². The van der Waals surface area contributed by atoms with E-state index in [2.05, 4.69) is 10.6 Å². The van der Waals surface area contributed by atoms with Crippen LogP contribution in [0.2, 0.25) is 5.02 Å². The molecule has 0 saturated carbocycles. The van der Waals surface area contributed by atoms with Crippen molar-refractivity contribution < 1.29 is 19.1 Å². The molecule has 24 heavy (non-hydrogen) atoms. The fourth-order valence-corrected chi connectivity index (χ4v) is 2.21. The van der Waals surface area contributed by atoms with Crippen molar-refractivity contribution in [2.24, 2.45) is 0 Å². The summed E-state index contributed by atoms with van der Waals surface area (Å²) in [6, 6.07) is 10.9. The van der Waals surface area contributed by atoms with Gasteiger partial charge < -0.3 is 15.4 Å². The number of hydrogen-bond acceptors (Lipinski definition) is 4. The summed E-state index contributed by atoms with van der Waals surface area (Å²) in [6.07, 6.45) is 0. The number of nitrogens with one attached hydrogen (secondary N) is 2. The van der Waals surface area contributed by atoms with Gasteiger partial charge in [0.1, 0.15) is 5.75 Å². The van der Waals surface area contributed by atoms with E-state index in [1.54, 1.807) is 24.3 Å². The number of Topliss-reactive ketones (excluding diaryl/α,β-unsaturated/α-hetero) is 1. The molecule has 2 aromatic carbocycles. The van der Waals surface area contributed by atoms with Gasteiger partial charge in [-0.1, -0.05) is 23.7 Å². The summed E-state index contributed by atoms with van der Waals surface area (Å²) in [6.45, 7) is 1.32. The van der Waals surface area contributed by atoms with Crippen molar-refractivity contribution >= 4 is 40.6 Å². The van der Waals surface area contributed by atoms with Gasteiger partial charge in [-0.15, -0.1) is 0 Å². The summed E-state index contributed by atoms with van der Waals surface area (Å²) in [5, 5.41) is 5.44. The minimum Gasteiger partial charge on any atom is -0.495 e. The van der Waals surface area contributed by atoms with Gasteiger partial charge >= 0.3 is 0 Å². The van der Waals surface area contributed by atoms with Crippen LogP contribution in [-0.4, -0.2) is 24.7 Å². The zero-order valence-electron chi connectivity index (χ0n) is 13.1. The Morgan fingerprint density at radius 3 is 2.38 bits per heavy atom. The highest BCUT2D eigenvalue weighted by atomic mass is 35.5. The largest absolute Gasteiger partial charge is 0.495 e. The van der Waals surface area contributed by atoms with Crippen molar-refractivity contribution in [1.82, 2.24) is 0 Å². The van der Waals surface area contributed by atoms with E-state index < -0.39 is 11.7 Å². The average Bonchev–Trinajstić information content (AvgIpc) is 2.55. The molecule has 0 aliphatic heterocycles. The summed E-state index contributed by atoms with van der Waals surface area (Å²) in [7, 11) is 1.43. The van der Waals surface area contributed by atoms with Gasteiger partial charge in [0.2, 0.25) is 5.91 Å². The number of benzene rings is 2. The minimum absolute atomic E-state index is 0.0955. The third kappa shape index (κ3) is 4.11. The predicted octanol–water partition coefficient (Wildman–Crippen LogP) is 3.13. The maximum atomic E-state index is 12.4. The number of anilines is 2. The number of halogens is 1. The highest BCUT2D eigenvalue weighted by Gasteiger charge is 2.21. The first-order valence-corrected chi connectivity index (χ1v) is 7.36. The van der Waals surface area contributed by atoms with Crippen LogP contribution in [0.3, 0.4) is 0 Å². The van der Waals surface area contributed by atoms with Gasteiger partial charge in [-0.05, 0) is 24.3 Å². The smallest absolute Gasteiger partial charge is 0.296 e. The number of amides is 2. The average molecular weight is 347 g/mol. The molecule has 0 bridgehead atoms. The number of ketones is 1. The Labute approximate surface area is 143 Å². The maximum absolute atomic E-state index is 12.4.